The van der Waals surface area contributed by atoms with Gasteiger partial charge >= 0.3 is 5.97 Å². The third-order valence-corrected chi connectivity index (χ3v) is 4.63. The lowest BCUT2D eigenvalue weighted by molar-refractivity contribution is -0.138. The summed E-state index contributed by atoms with van der Waals surface area (Å²) in [7, 11) is 0. The number of rotatable bonds is 5. The SMILES string of the molecule is CCOC(=O)/C(N=Nc1sc2c(c1C(N)=O)CCCC2)=C(/C)O. The summed E-state index contributed by atoms with van der Waals surface area (Å²) in [6, 6.07) is 0. The van der Waals surface area contributed by atoms with Crippen molar-refractivity contribution in [1.29, 1.82) is 0 Å². The van der Waals surface area contributed by atoms with Crippen molar-refractivity contribution in [3.05, 3.63) is 27.5 Å². The zero-order valence-corrected chi connectivity index (χ0v) is 13.9. The fraction of sp³-hybridized carbons (Fsp3) is 0.467. The quantitative estimate of drug-likeness (QED) is 0.371. The molecule has 0 radical (unpaired) electrons. The van der Waals surface area contributed by atoms with Crippen molar-refractivity contribution in [1.82, 2.24) is 0 Å². The Morgan fingerprint density at radius 3 is 2.65 bits per heavy atom. The summed E-state index contributed by atoms with van der Waals surface area (Å²) in [4.78, 5) is 24.6. The number of thiophene rings is 1. The number of esters is 1. The molecular weight excluding hydrogens is 318 g/mol. The molecule has 0 fully saturated rings. The summed E-state index contributed by atoms with van der Waals surface area (Å²) < 4.78 is 4.81. The number of hydrogen-bond donors (Lipinski definition) is 2. The summed E-state index contributed by atoms with van der Waals surface area (Å²) >= 11 is 1.35. The van der Waals surface area contributed by atoms with E-state index in [2.05, 4.69) is 10.2 Å². The van der Waals surface area contributed by atoms with Crippen LogP contribution in [-0.2, 0) is 22.4 Å². The highest BCUT2D eigenvalue weighted by Gasteiger charge is 2.24. The number of fused-ring (bicyclic) bond motifs is 1. The number of allylic oxidation sites excluding steroid dienone is 1. The number of hydrogen-bond acceptors (Lipinski definition) is 7. The van der Waals surface area contributed by atoms with Gasteiger partial charge < -0.3 is 15.6 Å². The summed E-state index contributed by atoms with van der Waals surface area (Å²) in [6.07, 6.45) is 3.74. The van der Waals surface area contributed by atoms with E-state index >= 15 is 0 Å². The molecular formula is C15H19N3O4S. The van der Waals surface area contributed by atoms with E-state index in [1.165, 1.54) is 18.3 Å². The van der Waals surface area contributed by atoms with E-state index in [-0.39, 0.29) is 18.1 Å². The van der Waals surface area contributed by atoms with Gasteiger partial charge in [0.1, 0.15) is 5.76 Å². The topological polar surface area (TPSA) is 114 Å². The number of aryl methyl sites for hydroxylation is 1. The molecule has 0 spiro atoms. The molecule has 124 valence electrons. The zero-order valence-electron chi connectivity index (χ0n) is 13.1. The maximum atomic E-state index is 11.7. The Labute approximate surface area is 137 Å². The van der Waals surface area contributed by atoms with Crippen LogP contribution in [0.1, 0.15) is 47.5 Å². The molecule has 8 heteroatoms. The molecule has 0 saturated heterocycles. The van der Waals surface area contributed by atoms with Crippen LogP contribution >= 0.6 is 11.3 Å². The molecule has 1 aliphatic carbocycles. The van der Waals surface area contributed by atoms with Crippen molar-refractivity contribution < 1.29 is 19.4 Å². The van der Waals surface area contributed by atoms with E-state index in [1.54, 1.807) is 6.92 Å². The second kappa shape index (κ2) is 7.36. The Balaban J connectivity index is 2.39. The van der Waals surface area contributed by atoms with Crippen molar-refractivity contribution in [2.75, 3.05) is 6.61 Å². The molecule has 1 aliphatic rings. The fourth-order valence-electron chi connectivity index (χ4n) is 2.43. The van der Waals surface area contributed by atoms with Crippen LogP contribution < -0.4 is 5.73 Å². The third-order valence-electron chi connectivity index (χ3n) is 3.45. The highest BCUT2D eigenvalue weighted by Crippen LogP contribution is 2.40. The number of amides is 1. The first kappa shape index (κ1) is 17.1. The Morgan fingerprint density at radius 1 is 1.35 bits per heavy atom. The molecule has 1 aromatic heterocycles. The monoisotopic (exact) mass is 337 g/mol. The lowest BCUT2D eigenvalue weighted by Gasteiger charge is -2.10. The summed E-state index contributed by atoms with van der Waals surface area (Å²) in [5.41, 5.74) is 6.49. The van der Waals surface area contributed by atoms with Crippen molar-refractivity contribution in [2.45, 2.75) is 39.5 Å². The van der Waals surface area contributed by atoms with Gasteiger partial charge in [-0.15, -0.1) is 21.6 Å². The van der Waals surface area contributed by atoms with Gasteiger partial charge in [0.25, 0.3) is 5.91 Å². The minimum Gasteiger partial charge on any atom is -0.510 e. The van der Waals surface area contributed by atoms with Gasteiger partial charge in [0, 0.05) is 4.88 Å². The number of carbonyl (C=O) groups excluding carboxylic acids is 2. The molecule has 3 N–H and O–H groups in total. The van der Waals surface area contributed by atoms with Crippen LogP contribution in [-0.4, -0.2) is 23.6 Å². The van der Waals surface area contributed by atoms with Crippen molar-refractivity contribution in [2.24, 2.45) is 16.0 Å². The molecule has 1 heterocycles. The minimum atomic E-state index is -0.766. The van der Waals surface area contributed by atoms with Crippen LogP contribution in [0, 0.1) is 0 Å². The van der Waals surface area contributed by atoms with Crippen LogP contribution in [0.15, 0.2) is 21.7 Å². The molecule has 0 bridgehead atoms. The Hall–Kier alpha value is -2.22. The van der Waals surface area contributed by atoms with E-state index < -0.39 is 11.9 Å². The zero-order chi connectivity index (χ0) is 17.0. The number of nitrogens with two attached hydrogens (primary N) is 1. The molecule has 1 amide bonds. The van der Waals surface area contributed by atoms with E-state index in [4.69, 9.17) is 10.5 Å². The van der Waals surface area contributed by atoms with Gasteiger partial charge in [0.05, 0.1) is 12.2 Å². The number of ether oxygens (including phenoxy) is 1. The normalized spacial score (nSPS) is 15.2. The second-order valence-corrected chi connectivity index (χ2v) is 6.19. The first-order chi connectivity index (χ1) is 11.0. The van der Waals surface area contributed by atoms with Gasteiger partial charge in [0.15, 0.2) is 5.00 Å². The molecule has 0 aromatic carbocycles. The minimum absolute atomic E-state index is 0.158. The van der Waals surface area contributed by atoms with E-state index in [0.717, 1.165) is 36.1 Å². The predicted octanol–water partition coefficient (Wildman–Crippen LogP) is 3.16. The average molecular weight is 337 g/mol. The number of aliphatic hydroxyl groups excluding tert-OH is 1. The Kier molecular flexibility index (Phi) is 5.49. The number of azo groups is 1. The van der Waals surface area contributed by atoms with Crippen LogP contribution in [0.2, 0.25) is 0 Å². The van der Waals surface area contributed by atoms with Crippen LogP contribution in [0.25, 0.3) is 0 Å². The number of aliphatic hydroxyl groups is 1. The highest BCUT2D eigenvalue weighted by atomic mass is 32.1. The standard InChI is InChI=1S/C15H19N3O4S/c1-3-22-15(21)12(8(2)19)17-18-14-11(13(16)20)9-6-4-5-7-10(9)23-14/h19H,3-7H2,1-2H3,(H2,16,20)/b12-8+,18-17?. The molecule has 2 rings (SSSR count). The molecule has 0 saturated carbocycles. The summed E-state index contributed by atoms with van der Waals surface area (Å²) in [5, 5.41) is 17.7. The molecule has 1 aromatic rings. The average Bonchev–Trinajstić information content (AvgIpc) is 2.85. The van der Waals surface area contributed by atoms with Gasteiger partial charge in [-0.25, -0.2) is 4.79 Å². The first-order valence-electron chi connectivity index (χ1n) is 7.38. The van der Waals surface area contributed by atoms with Crippen molar-refractivity contribution >= 4 is 28.2 Å². The predicted molar refractivity (Wildman–Crippen MR) is 86.0 cm³/mol. The molecule has 23 heavy (non-hydrogen) atoms. The summed E-state index contributed by atoms with van der Waals surface area (Å²) in [6.45, 7) is 3.13. The highest BCUT2D eigenvalue weighted by molar-refractivity contribution is 7.16. The smallest absolute Gasteiger partial charge is 0.362 e. The largest absolute Gasteiger partial charge is 0.510 e. The molecule has 7 nitrogen and oxygen atoms in total. The van der Waals surface area contributed by atoms with Crippen molar-refractivity contribution in [3.8, 4) is 0 Å². The molecule has 0 aliphatic heterocycles. The van der Waals surface area contributed by atoms with E-state index in [0.29, 0.717) is 10.6 Å². The Morgan fingerprint density at radius 2 is 2.04 bits per heavy atom. The lowest BCUT2D eigenvalue weighted by Crippen LogP contribution is -2.14. The van der Waals surface area contributed by atoms with Crippen LogP contribution in [0.3, 0.4) is 0 Å². The summed E-state index contributed by atoms with van der Waals surface area (Å²) in [5.74, 6) is -1.62. The number of carbonyl (C=O) groups is 2. The van der Waals surface area contributed by atoms with E-state index in [1.807, 2.05) is 0 Å². The van der Waals surface area contributed by atoms with Gasteiger partial charge in [0.2, 0.25) is 5.70 Å². The maximum absolute atomic E-state index is 11.7. The number of nitrogens with zero attached hydrogens (tertiary/aromatic N) is 2. The maximum Gasteiger partial charge on any atom is 0.362 e. The van der Waals surface area contributed by atoms with Gasteiger partial charge in [-0.3, -0.25) is 4.79 Å². The second-order valence-electron chi connectivity index (χ2n) is 5.11. The fourth-order valence-corrected chi connectivity index (χ4v) is 3.65. The van der Waals surface area contributed by atoms with Crippen LogP contribution in [0.5, 0.6) is 0 Å². The number of primary amides is 1. The third kappa shape index (κ3) is 3.76. The molecule has 0 unspecified atom stereocenters. The van der Waals surface area contributed by atoms with Gasteiger partial charge in [-0.2, -0.15) is 0 Å². The Bertz CT molecular complexity index is 687. The van der Waals surface area contributed by atoms with Crippen molar-refractivity contribution in [3.63, 3.8) is 0 Å². The van der Waals surface area contributed by atoms with Crippen LogP contribution in [0.4, 0.5) is 5.00 Å². The van der Waals surface area contributed by atoms with Gasteiger partial charge in [-0.05, 0) is 45.1 Å². The van der Waals surface area contributed by atoms with Gasteiger partial charge in [-0.1, -0.05) is 0 Å². The first-order valence-corrected chi connectivity index (χ1v) is 8.20. The van der Waals surface area contributed by atoms with E-state index in [9.17, 15) is 14.7 Å². The molecule has 0 atom stereocenters. The lowest BCUT2D eigenvalue weighted by atomic mass is 9.95.